The molecule has 0 saturated heterocycles. The number of esters is 1. The first-order valence-electron chi connectivity index (χ1n) is 8.85. The van der Waals surface area contributed by atoms with Crippen LogP contribution in [-0.2, 0) is 9.53 Å². The highest BCUT2D eigenvalue weighted by molar-refractivity contribution is 7.15. The predicted octanol–water partition coefficient (Wildman–Crippen LogP) is 4.98. The Morgan fingerprint density at radius 3 is 2.34 bits per heavy atom. The fourth-order valence-electron chi connectivity index (χ4n) is 2.92. The lowest BCUT2D eigenvalue weighted by molar-refractivity contribution is -0.118. The number of ether oxygens (including phenoxy) is 2. The molecule has 1 amide bonds. The number of amides is 1. The van der Waals surface area contributed by atoms with E-state index in [9.17, 15) is 14.0 Å². The second-order valence-electron chi connectivity index (χ2n) is 6.41. The number of methoxy groups -OCH3 is 1. The zero-order valence-corrected chi connectivity index (χ0v) is 17.1. The minimum Gasteiger partial charge on any atom is -0.483 e. The number of hydrogen-bond acceptors (Lipinski definition) is 5. The van der Waals surface area contributed by atoms with E-state index < -0.39 is 11.9 Å². The number of halogens is 1. The molecule has 0 aliphatic heterocycles. The van der Waals surface area contributed by atoms with Crippen molar-refractivity contribution in [3.63, 3.8) is 0 Å². The molecule has 0 unspecified atom stereocenters. The van der Waals surface area contributed by atoms with Gasteiger partial charge in [-0.15, -0.1) is 11.3 Å². The van der Waals surface area contributed by atoms with Gasteiger partial charge in [0.1, 0.15) is 22.1 Å². The number of carbonyl (C=O) groups excluding carboxylic acids is 2. The van der Waals surface area contributed by atoms with Crippen LogP contribution < -0.4 is 10.1 Å². The van der Waals surface area contributed by atoms with Crippen molar-refractivity contribution in [1.29, 1.82) is 0 Å². The minimum absolute atomic E-state index is 0.198. The Morgan fingerprint density at radius 1 is 1.07 bits per heavy atom. The summed E-state index contributed by atoms with van der Waals surface area (Å²) in [6, 6.07) is 11.5. The molecule has 0 spiro atoms. The summed E-state index contributed by atoms with van der Waals surface area (Å²) < 4.78 is 23.8. The zero-order chi connectivity index (χ0) is 21.0. The molecule has 0 saturated carbocycles. The van der Waals surface area contributed by atoms with E-state index in [-0.39, 0.29) is 18.0 Å². The van der Waals surface area contributed by atoms with Crippen LogP contribution in [0.1, 0.15) is 21.5 Å². The molecule has 1 N–H and O–H groups in total. The quantitative estimate of drug-likeness (QED) is 0.579. The largest absolute Gasteiger partial charge is 0.483 e. The van der Waals surface area contributed by atoms with Crippen LogP contribution in [0.5, 0.6) is 5.75 Å². The maximum atomic E-state index is 13.2. The van der Waals surface area contributed by atoms with E-state index in [1.54, 1.807) is 17.5 Å². The third-order valence-corrected chi connectivity index (χ3v) is 5.24. The topological polar surface area (TPSA) is 64.6 Å². The number of nitrogens with one attached hydrogen (secondary N) is 1. The summed E-state index contributed by atoms with van der Waals surface area (Å²) in [4.78, 5) is 24.8. The number of aryl methyl sites for hydroxylation is 2. The SMILES string of the molecule is COC(=O)c1c(-c2ccc(F)cc2)csc1NC(=O)COc1c(C)cccc1C. The smallest absolute Gasteiger partial charge is 0.341 e. The van der Waals surface area contributed by atoms with E-state index in [1.807, 2.05) is 32.0 Å². The lowest BCUT2D eigenvalue weighted by Crippen LogP contribution is -2.21. The van der Waals surface area contributed by atoms with Gasteiger partial charge in [-0.3, -0.25) is 4.79 Å². The highest BCUT2D eigenvalue weighted by atomic mass is 32.1. The highest BCUT2D eigenvalue weighted by Gasteiger charge is 2.22. The summed E-state index contributed by atoms with van der Waals surface area (Å²) in [6.07, 6.45) is 0. The summed E-state index contributed by atoms with van der Waals surface area (Å²) in [5, 5.41) is 4.79. The molecule has 3 aromatic rings. The van der Waals surface area contributed by atoms with Crippen molar-refractivity contribution in [2.45, 2.75) is 13.8 Å². The van der Waals surface area contributed by atoms with Crippen LogP contribution in [0.3, 0.4) is 0 Å². The van der Waals surface area contributed by atoms with Crippen LogP contribution in [0.15, 0.2) is 47.8 Å². The van der Waals surface area contributed by atoms with Gasteiger partial charge in [0, 0.05) is 10.9 Å². The molecule has 7 heteroatoms. The second kappa shape index (κ2) is 8.87. The minimum atomic E-state index is -0.587. The Hall–Kier alpha value is -3.19. The van der Waals surface area contributed by atoms with Crippen molar-refractivity contribution in [2.24, 2.45) is 0 Å². The van der Waals surface area contributed by atoms with Gasteiger partial charge >= 0.3 is 5.97 Å². The maximum absolute atomic E-state index is 13.2. The third-order valence-electron chi connectivity index (χ3n) is 4.35. The first-order valence-corrected chi connectivity index (χ1v) is 9.73. The van der Waals surface area contributed by atoms with Crippen LogP contribution in [0.25, 0.3) is 11.1 Å². The van der Waals surface area contributed by atoms with Crippen molar-refractivity contribution in [1.82, 2.24) is 0 Å². The van der Waals surface area contributed by atoms with Crippen LogP contribution in [0.2, 0.25) is 0 Å². The standard InChI is InChI=1S/C22H20FNO4S/c1-13-5-4-6-14(2)20(13)28-11-18(25)24-21-19(22(26)27-3)17(12-29-21)15-7-9-16(23)10-8-15/h4-10,12H,11H2,1-3H3,(H,24,25). The molecule has 150 valence electrons. The van der Waals surface area contributed by atoms with Crippen LogP contribution in [-0.4, -0.2) is 25.6 Å². The molecule has 3 rings (SSSR count). The monoisotopic (exact) mass is 413 g/mol. The Bertz CT molecular complexity index is 1020. The molecular weight excluding hydrogens is 393 g/mol. The number of thiophene rings is 1. The fourth-order valence-corrected chi connectivity index (χ4v) is 3.90. The average molecular weight is 413 g/mol. The Balaban J connectivity index is 1.80. The number of hydrogen-bond donors (Lipinski definition) is 1. The highest BCUT2D eigenvalue weighted by Crippen LogP contribution is 2.36. The van der Waals surface area contributed by atoms with Gasteiger partial charge in [-0.05, 0) is 42.7 Å². The van der Waals surface area contributed by atoms with Gasteiger partial charge in [0.05, 0.1) is 7.11 Å². The Kier molecular flexibility index (Phi) is 6.29. The first-order chi connectivity index (χ1) is 13.9. The predicted molar refractivity (Wildman–Crippen MR) is 111 cm³/mol. The summed E-state index contributed by atoms with van der Waals surface area (Å²) in [5.74, 6) is -0.698. The van der Waals surface area contributed by atoms with Crippen molar-refractivity contribution in [2.75, 3.05) is 19.0 Å². The number of benzene rings is 2. The summed E-state index contributed by atoms with van der Waals surface area (Å²) >= 11 is 1.19. The summed E-state index contributed by atoms with van der Waals surface area (Å²) in [6.45, 7) is 3.61. The lowest BCUT2D eigenvalue weighted by Gasteiger charge is -2.12. The lowest BCUT2D eigenvalue weighted by atomic mass is 10.0. The number of rotatable bonds is 6. The van der Waals surface area contributed by atoms with Crippen molar-refractivity contribution in [3.8, 4) is 16.9 Å². The van der Waals surface area contributed by atoms with Gasteiger partial charge in [-0.25, -0.2) is 9.18 Å². The van der Waals surface area contributed by atoms with Gasteiger partial charge < -0.3 is 14.8 Å². The van der Waals surface area contributed by atoms with Gasteiger partial charge in [-0.2, -0.15) is 0 Å². The normalized spacial score (nSPS) is 10.5. The van der Waals surface area contributed by atoms with Crippen molar-refractivity contribution >= 4 is 28.2 Å². The Labute approximate surface area is 172 Å². The van der Waals surface area contributed by atoms with E-state index in [2.05, 4.69) is 5.32 Å². The van der Waals surface area contributed by atoms with Crippen LogP contribution >= 0.6 is 11.3 Å². The Morgan fingerprint density at radius 2 is 1.72 bits per heavy atom. The molecule has 0 radical (unpaired) electrons. The molecule has 1 aromatic heterocycles. The van der Waals surface area contributed by atoms with Gasteiger partial charge in [0.15, 0.2) is 6.61 Å². The number of para-hydroxylation sites is 1. The zero-order valence-electron chi connectivity index (χ0n) is 16.2. The molecule has 0 bridgehead atoms. The number of carbonyl (C=O) groups is 2. The van der Waals surface area contributed by atoms with E-state index >= 15 is 0 Å². The van der Waals surface area contributed by atoms with Crippen molar-refractivity contribution < 1.29 is 23.5 Å². The average Bonchev–Trinajstić information content (AvgIpc) is 3.11. The first kappa shape index (κ1) is 20.5. The molecular formula is C22H20FNO4S. The molecule has 2 aromatic carbocycles. The molecule has 29 heavy (non-hydrogen) atoms. The van der Waals surface area contributed by atoms with E-state index in [1.165, 1.54) is 30.6 Å². The van der Waals surface area contributed by atoms with Gasteiger partial charge in [0.2, 0.25) is 0 Å². The second-order valence-corrected chi connectivity index (χ2v) is 7.29. The fraction of sp³-hybridized carbons (Fsp3) is 0.182. The van der Waals surface area contributed by atoms with Gasteiger partial charge in [0.25, 0.3) is 5.91 Å². The van der Waals surface area contributed by atoms with Gasteiger partial charge in [-0.1, -0.05) is 30.3 Å². The van der Waals surface area contributed by atoms with E-state index in [0.29, 0.717) is 21.9 Å². The molecule has 0 fully saturated rings. The van der Waals surface area contributed by atoms with Crippen molar-refractivity contribution in [3.05, 3.63) is 70.4 Å². The van der Waals surface area contributed by atoms with E-state index in [0.717, 1.165) is 11.1 Å². The molecule has 0 aliphatic rings. The molecule has 0 atom stereocenters. The molecule has 1 heterocycles. The molecule has 0 aliphatic carbocycles. The summed E-state index contributed by atoms with van der Waals surface area (Å²) in [7, 11) is 1.27. The third kappa shape index (κ3) is 4.63. The molecule has 5 nitrogen and oxygen atoms in total. The van der Waals surface area contributed by atoms with E-state index in [4.69, 9.17) is 9.47 Å². The van der Waals surface area contributed by atoms with Crippen LogP contribution in [0, 0.1) is 19.7 Å². The summed E-state index contributed by atoms with van der Waals surface area (Å²) in [5.41, 5.74) is 3.30. The van der Waals surface area contributed by atoms with Crippen LogP contribution in [0.4, 0.5) is 9.39 Å². The number of anilines is 1. The maximum Gasteiger partial charge on any atom is 0.341 e.